The summed E-state index contributed by atoms with van der Waals surface area (Å²) < 4.78 is 18.9. The van der Waals surface area contributed by atoms with Gasteiger partial charge in [-0.3, -0.25) is 0 Å². The fraction of sp³-hybridized carbons (Fsp3) is 0.906. The summed E-state index contributed by atoms with van der Waals surface area (Å²) in [6.45, 7) is 29.2. The van der Waals surface area contributed by atoms with Crippen LogP contribution >= 0.6 is 0 Å². The Morgan fingerprint density at radius 3 is 1.54 bits per heavy atom. The van der Waals surface area contributed by atoms with Crippen molar-refractivity contribution < 1.29 is 14.0 Å². The molecule has 0 saturated heterocycles. The fourth-order valence-electron chi connectivity index (χ4n) is 6.62. The van der Waals surface area contributed by atoms with Gasteiger partial charge >= 0.3 is 239 Å². The molecular weight excluding hydrogens is 579 g/mol. The van der Waals surface area contributed by atoms with Crippen molar-refractivity contribution in [1.82, 2.24) is 0 Å². The average Bonchev–Trinajstić information content (AvgIpc) is 2.75. The number of hydrogen-bond donors (Lipinski definition) is 0. The van der Waals surface area contributed by atoms with Crippen molar-refractivity contribution in [2.75, 3.05) is 0 Å². The fourth-order valence-corrected chi connectivity index (χ4v) is 28.9. The van der Waals surface area contributed by atoms with Gasteiger partial charge in [-0.05, 0) is 0 Å². The molecule has 0 radical (unpaired) electrons. The minimum atomic E-state index is -2.33. The summed E-state index contributed by atoms with van der Waals surface area (Å²) in [5, 5.41) is 0. The molecule has 0 heterocycles. The number of rotatable bonds is 19. The van der Waals surface area contributed by atoms with E-state index in [0.29, 0.717) is 23.0 Å². The number of esters is 1. The SMILES string of the molecule is CCC[CH2][Sn]([CH2]CCC)([CH2]CCC)[CH2]/C(C)=C/[C@@H](CC(=O)OC(C)(C)C)O[Si](C(C)C)(C(C)C)C(C)C. The van der Waals surface area contributed by atoms with Gasteiger partial charge in [0.2, 0.25) is 0 Å². The molecule has 0 fully saturated rings. The van der Waals surface area contributed by atoms with Gasteiger partial charge in [0.15, 0.2) is 0 Å². The molecule has 0 aliphatic carbocycles. The van der Waals surface area contributed by atoms with Gasteiger partial charge < -0.3 is 0 Å². The Balaban J connectivity index is 6.36. The zero-order valence-corrected chi connectivity index (χ0v) is 31.2. The summed E-state index contributed by atoms with van der Waals surface area (Å²) in [6, 6.07) is 0. The summed E-state index contributed by atoms with van der Waals surface area (Å²) in [7, 11) is -2.14. The first kappa shape index (κ1) is 37.2. The molecule has 0 spiro atoms. The van der Waals surface area contributed by atoms with Crippen LogP contribution in [-0.2, 0) is 14.0 Å². The van der Waals surface area contributed by atoms with Crippen molar-refractivity contribution in [3.63, 3.8) is 0 Å². The van der Waals surface area contributed by atoms with Crippen LogP contribution in [0.4, 0.5) is 0 Å². The number of carbonyl (C=O) groups excluding carboxylic acids is 1. The molecule has 37 heavy (non-hydrogen) atoms. The molecule has 0 N–H and O–H groups in total. The van der Waals surface area contributed by atoms with Gasteiger partial charge in [-0.15, -0.1) is 0 Å². The predicted molar refractivity (Wildman–Crippen MR) is 170 cm³/mol. The Bertz CT molecular complexity index is 620. The molecule has 0 rings (SSSR count). The minimum absolute atomic E-state index is 0.140. The van der Waals surface area contributed by atoms with Crippen LogP contribution in [0, 0.1) is 0 Å². The maximum absolute atomic E-state index is 13.1. The van der Waals surface area contributed by atoms with E-state index in [1.807, 2.05) is 20.8 Å². The molecule has 0 aromatic carbocycles. The number of carbonyl (C=O) groups is 1. The van der Waals surface area contributed by atoms with Crippen LogP contribution < -0.4 is 0 Å². The summed E-state index contributed by atoms with van der Waals surface area (Å²) in [5.74, 6) is -0.140. The Morgan fingerprint density at radius 2 is 1.22 bits per heavy atom. The topological polar surface area (TPSA) is 35.5 Å². The van der Waals surface area contributed by atoms with Crippen LogP contribution in [0.3, 0.4) is 0 Å². The second-order valence-corrected chi connectivity index (χ2v) is 33.0. The van der Waals surface area contributed by atoms with Crippen LogP contribution in [0.15, 0.2) is 11.6 Å². The van der Waals surface area contributed by atoms with Crippen molar-refractivity contribution in [3.05, 3.63) is 11.6 Å². The Kier molecular flexibility index (Phi) is 17.9. The van der Waals surface area contributed by atoms with Gasteiger partial charge in [0.05, 0.1) is 0 Å². The van der Waals surface area contributed by atoms with Crippen LogP contribution in [0.5, 0.6) is 0 Å². The van der Waals surface area contributed by atoms with Crippen molar-refractivity contribution in [2.24, 2.45) is 0 Å². The van der Waals surface area contributed by atoms with E-state index in [-0.39, 0.29) is 12.1 Å². The first-order valence-electron chi connectivity index (χ1n) is 15.7. The third kappa shape index (κ3) is 13.4. The van der Waals surface area contributed by atoms with Gasteiger partial charge in [0, 0.05) is 0 Å². The molecule has 0 aliphatic heterocycles. The summed E-state index contributed by atoms with van der Waals surface area (Å²) in [5.41, 5.74) is 2.46. The Labute approximate surface area is 238 Å². The second kappa shape index (κ2) is 17.8. The molecule has 3 nitrogen and oxygen atoms in total. The van der Waals surface area contributed by atoms with Crippen molar-refractivity contribution in [2.45, 2.75) is 181 Å². The molecule has 0 unspecified atom stereocenters. The van der Waals surface area contributed by atoms with E-state index in [1.54, 1.807) is 0 Å². The third-order valence-corrected chi connectivity index (χ3v) is 30.1. The first-order chi connectivity index (χ1) is 17.1. The quantitative estimate of drug-likeness (QED) is 0.0797. The molecule has 0 aliphatic rings. The Morgan fingerprint density at radius 1 is 0.811 bits per heavy atom. The summed E-state index contributed by atoms with van der Waals surface area (Å²) >= 11 is -2.33. The van der Waals surface area contributed by atoms with E-state index >= 15 is 0 Å². The molecule has 0 saturated carbocycles. The third-order valence-electron chi connectivity index (χ3n) is 8.16. The van der Waals surface area contributed by atoms with Crippen LogP contribution in [0.1, 0.15) is 135 Å². The van der Waals surface area contributed by atoms with Crippen LogP contribution in [0.2, 0.25) is 34.4 Å². The van der Waals surface area contributed by atoms with E-state index in [4.69, 9.17) is 9.16 Å². The summed E-state index contributed by atoms with van der Waals surface area (Å²) in [4.78, 5) is 13.1. The normalized spacial score (nSPS) is 14.6. The molecule has 0 bridgehead atoms. The number of ether oxygens (including phenoxy) is 1. The van der Waals surface area contributed by atoms with E-state index in [9.17, 15) is 4.79 Å². The number of hydrogen-bond acceptors (Lipinski definition) is 3. The molecule has 0 amide bonds. The second-order valence-electron chi connectivity index (χ2n) is 13.8. The van der Waals surface area contributed by atoms with E-state index in [2.05, 4.69) is 75.3 Å². The van der Waals surface area contributed by atoms with Gasteiger partial charge in [-0.25, -0.2) is 0 Å². The Hall–Kier alpha value is 0.186. The summed E-state index contributed by atoms with van der Waals surface area (Å²) in [6.07, 6.45) is 10.6. The van der Waals surface area contributed by atoms with Gasteiger partial charge in [-0.1, -0.05) is 0 Å². The van der Waals surface area contributed by atoms with Crippen LogP contribution in [0.25, 0.3) is 0 Å². The van der Waals surface area contributed by atoms with Crippen molar-refractivity contribution >= 4 is 32.7 Å². The molecule has 1 atom stereocenters. The van der Waals surface area contributed by atoms with Crippen molar-refractivity contribution in [3.8, 4) is 0 Å². The molecule has 220 valence electrons. The van der Waals surface area contributed by atoms with Gasteiger partial charge in [0.25, 0.3) is 0 Å². The van der Waals surface area contributed by atoms with Crippen molar-refractivity contribution in [1.29, 1.82) is 0 Å². The first-order valence-corrected chi connectivity index (χ1v) is 25.9. The standard InChI is InChI=1S/C20H39O3Si.3C4H9.Sn/c1-14(2)12-18(13-19(21)22-20(9,10)11)23-24(15(3)4,16(5)6)17(7)8;3*1-3-4-2;/h12,15-18H,1,13H2,2-11H3;3*1,3-4H2,2H3;/b14-12-;;;;/t18-;;;;/m0..../s1. The number of unbranched alkanes of at least 4 members (excludes halogenated alkanes) is 3. The van der Waals surface area contributed by atoms with E-state index in [0.717, 1.165) is 0 Å². The van der Waals surface area contributed by atoms with E-state index in [1.165, 1.54) is 61.8 Å². The average molecular weight is 646 g/mol. The zero-order valence-electron chi connectivity index (χ0n) is 27.4. The van der Waals surface area contributed by atoms with E-state index < -0.39 is 32.3 Å². The van der Waals surface area contributed by atoms with Gasteiger partial charge in [-0.2, -0.15) is 0 Å². The predicted octanol–water partition coefficient (Wildman–Crippen LogP) is 11.1. The zero-order chi connectivity index (χ0) is 28.9. The van der Waals surface area contributed by atoms with Crippen LogP contribution in [-0.4, -0.2) is 44.4 Å². The molecule has 5 heteroatoms. The number of allylic oxidation sites excluding steroid dienone is 1. The maximum atomic E-state index is 13.1. The monoisotopic (exact) mass is 646 g/mol. The molecule has 0 aromatic rings. The molecule has 0 aromatic heterocycles. The van der Waals surface area contributed by atoms with Gasteiger partial charge in [0.1, 0.15) is 0 Å². The molecular formula is C32H66O3SiSn.